The Balaban J connectivity index is 1.23. The molecule has 0 radical (unpaired) electrons. The van der Waals surface area contributed by atoms with Gasteiger partial charge in [0, 0.05) is 18.7 Å². The Morgan fingerprint density at radius 1 is 0.914 bits per heavy atom. The molecule has 0 bridgehead atoms. The Bertz CT molecular complexity index is 1160. The molecule has 1 aliphatic carbocycles. The van der Waals surface area contributed by atoms with Crippen molar-refractivity contribution in [1.29, 1.82) is 0 Å². The second-order valence-electron chi connectivity index (χ2n) is 9.98. The van der Waals surface area contributed by atoms with Gasteiger partial charge in [0.05, 0.1) is 23.4 Å². The molecule has 0 aromatic heterocycles. The molecule has 2 saturated heterocycles. The number of fused-ring (bicyclic) bond motifs is 1. The van der Waals surface area contributed by atoms with E-state index < -0.39 is 11.9 Å². The molecular weight excluding hydrogens is 444 g/mol. The first-order valence-corrected chi connectivity index (χ1v) is 12.4. The monoisotopic (exact) mass is 474 g/mol. The third-order valence-electron chi connectivity index (χ3n) is 7.62. The molecular formula is C28H30N2O5. The zero-order valence-electron chi connectivity index (χ0n) is 20.1. The van der Waals surface area contributed by atoms with Crippen LogP contribution in [0.5, 0.6) is 5.75 Å². The quantitative estimate of drug-likeness (QED) is 0.370. The van der Waals surface area contributed by atoms with E-state index in [2.05, 4.69) is 13.8 Å². The SMILES string of the molecule is CCc1ccc(N2C[C@H](C(=O)Oc3ccc(N4C(=O)[C@H]5C[C@H](C)CC[C@H]5C4=O)cc3)CC2=O)cc1. The van der Waals surface area contributed by atoms with Gasteiger partial charge in [-0.2, -0.15) is 0 Å². The number of hydrogen-bond acceptors (Lipinski definition) is 5. The number of aryl methyl sites for hydroxylation is 1. The Kier molecular flexibility index (Phi) is 6.17. The molecule has 1 saturated carbocycles. The number of carbonyl (C=O) groups excluding carboxylic acids is 4. The minimum absolute atomic E-state index is 0.102. The highest BCUT2D eigenvalue weighted by Gasteiger charge is 2.50. The molecule has 7 heteroatoms. The second kappa shape index (κ2) is 9.29. The van der Waals surface area contributed by atoms with E-state index in [-0.39, 0.29) is 42.5 Å². The fourth-order valence-corrected chi connectivity index (χ4v) is 5.53. The maximum atomic E-state index is 12.9. The van der Waals surface area contributed by atoms with Crippen molar-refractivity contribution in [1.82, 2.24) is 0 Å². The minimum atomic E-state index is -0.556. The Labute approximate surface area is 205 Å². The van der Waals surface area contributed by atoms with Crippen LogP contribution in [-0.2, 0) is 25.6 Å². The van der Waals surface area contributed by atoms with Crippen LogP contribution in [0.4, 0.5) is 11.4 Å². The summed E-state index contributed by atoms with van der Waals surface area (Å²) in [5.74, 6) is -1.07. The molecule has 0 N–H and O–H groups in total. The van der Waals surface area contributed by atoms with Crippen molar-refractivity contribution in [3.05, 3.63) is 54.1 Å². The van der Waals surface area contributed by atoms with Crippen molar-refractivity contribution >= 4 is 35.1 Å². The van der Waals surface area contributed by atoms with Crippen LogP contribution in [-0.4, -0.2) is 30.2 Å². The van der Waals surface area contributed by atoms with Crippen LogP contribution >= 0.6 is 0 Å². The van der Waals surface area contributed by atoms with E-state index in [9.17, 15) is 19.2 Å². The number of rotatable bonds is 5. The summed E-state index contributed by atoms with van der Waals surface area (Å²) in [7, 11) is 0. The molecule has 2 aromatic carbocycles. The van der Waals surface area contributed by atoms with Crippen molar-refractivity contribution < 1.29 is 23.9 Å². The summed E-state index contributed by atoms with van der Waals surface area (Å²) in [6, 6.07) is 14.2. The number of esters is 1. The summed E-state index contributed by atoms with van der Waals surface area (Å²) in [6.07, 6.45) is 3.49. The van der Waals surface area contributed by atoms with Gasteiger partial charge in [0.1, 0.15) is 5.75 Å². The van der Waals surface area contributed by atoms with E-state index >= 15 is 0 Å². The summed E-state index contributed by atoms with van der Waals surface area (Å²) in [5, 5.41) is 0. The molecule has 3 fully saturated rings. The lowest BCUT2D eigenvalue weighted by Gasteiger charge is -2.25. The van der Waals surface area contributed by atoms with Crippen LogP contribution in [0.15, 0.2) is 48.5 Å². The van der Waals surface area contributed by atoms with Crippen LogP contribution in [0.25, 0.3) is 0 Å². The average Bonchev–Trinajstić information content (AvgIpc) is 3.37. The van der Waals surface area contributed by atoms with Crippen molar-refractivity contribution in [2.24, 2.45) is 23.7 Å². The van der Waals surface area contributed by atoms with Gasteiger partial charge in [0.2, 0.25) is 17.7 Å². The van der Waals surface area contributed by atoms with E-state index in [0.29, 0.717) is 17.4 Å². The summed E-state index contributed by atoms with van der Waals surface area (Å²) < 4.78 is 5.54. The lowest BCUT2D eigenvalue weighted by molar-refractivity contribution is -0.139. The molecule has 4 atom stereocenters. The molecule has 35 heavy (non-hydrogen) atoms. The first kappa shape index (κ1) is 23.3. The average molecular weight is 475 g/mol. The summed E-state index contributed by atoms with van der Waals surface area (Å²) in [6.45, 7) is 4.47. The molecule has 0 spiro atoms. The molecule has 182 valence electrons. The Morgan fingerprint density at radius 3 is 2.26 bits per heavy atom. The van der Waals surface area contributed by atoms with Gasteiger partial charge < -0.3 is 9.64 Å². The highest BCUT2D eigenvalue weighted by Crippen LogP contribution is 2.42. The smallest absolute Gasteiger partial charge is 0.316 e. The number of hydrogen-bond donors (Lipinski definition) is 0. The fourth-order valence-electron chi connectivity index (χ4n) is 5.53. The van der Waals surface area contributed by atoms with E-state index in [1.165, 1.54) is 10.5 Å². The largest absolute Gasteiger partial charge is 0.426 e. The molecule has 2 aromatic rings. The summed E-state index contributed by atoms with van der Waals surface area (Å²) in [4.78, 5) is 54.0. The van der Waals surface area contributed by atoms with Crippen LogP contribution < -0.4 is 14.5 Å². The predicted octanol–water partition coefficient (Wildman–Crippen LogP) is 4.13. The minimum Gasteiger partial charge on any atom is -0.426 e. The normalized spacial score (nSPS) is 26.3. The van der Waals surface area contributed by atoms with E-state index in [4.69, 9.17) is 4.74 Å². The van der Waals surface area contributed by atoms with Crippen molar-refractivity contribution in [3.63, 3.8) is 0 Å². The third kappa shape index (κ3) is 4.35. The van der Waals surface area contributed by atoms with Gasteiger partial charge in [0.25, 0.3) is 0 Å². The topological polar surface area (TPSA) is 84.0 Å². The maximum Gasteiger partial charge on any atom is 0.316 e. The van der Waals surface area contributed by atoms with Gasteiger partial charge in [-0.15, -0.1) is 0 Å². The number of anilines is 2. The van der Waals surface area contributed by atoms with Crippen LogP contribution in [0.3, 0.4) is 0 Å². The molecule has 0 unspecified atom stereocenters. The van der Waals surface area contributed by atoms with Gasteiger partial charge in [-0.1, -0.05) is 26.0 Å². The standard InChI is InChI=1S/C28H30N2O5/c1-3-18-5-7-20(8-6-18)29-16-19(15-25(29)31)28(34)35-22-11-9-21(10-12-22)30-26(32)23-13-4-17(2)14-24(23)27(30)33/h5-12,17,19,23-24H,3-4,13-16H2,1-2H3/t17-,19-,23-,24+/m1/s1. The lowest BCUT2D eigenvalue weighted by atomic mass is 9.76. The maximum absolute atomic E-state index is 12.9. The zero-order valence-corrected chi connectivity index (χ0v) is 20.1. The van der Waals surface area contributed by atoms with Gasteiger partial charge in [0.15, 0.2) is 0 Å². The molecule has 3 amide bonds. The number of benzene rings is 2. The Morgan fingerprint density at radius 2 is 1.57 bits per heavy atom. The first-order valence-electron chi connectivity index (χ1n) is 12.4. The summed E-state index contributed by atoms with van der Waals surface area (Å²) in [5.41, 5.74) is 2.46. The Hall–Kier alpha value is -3.48. The van der Waals surface area contributed by atoms with Gasteiger partial charge in [-0.25, -0.2) is 0 Å². The second-order valence-corrected chi connectivity index (χ2v) is 9.98. The van der Waals surface area contributed by atoms with Crippen molar-refractivity contribution in [3.8, 4) is 5.75 Å². The van der Waals surface area contributed by atoms with E-state index in [1.807, 2.05) is 24.3 Å². The predicted molar refractivity (Wildman–Crippen MR) is 131 cm³/mol. The van der Waals surface area contributed by atoms with Crippen molar-refractivity contribution in [2.45, 2.75) is 46.0 Å². The molecule has 2 heterocycles. The highest BCUT2D eigenvalue weighted by atomic mass is 16.5. The van der Waals surface area contributed by atoms with Gasteiger partial charge in [-0.05, 0) is 73.6 Å². The van der Waals surface area contributed by atoms with Crippen LogP contribution in [0.2, 0.25) is 0 Å². The van der Waals surface area contributed by atoms with Crippen LogP contribution in [0, 0.1) is 23.7 Å². The molecule has 3 aliphatic rings. The number of carbonyl (C=O) groups is 4. The fraction of sp³-hybridized carbons (Fsp3) is 0.429. The van der Waals surface area contributed by atoms with Gasteiger partial charge >= 0.3 is 5.97 Å². The zero-order chi connectivity index (χ0) is 24.7. The first-order chi connectivity index (χ1) is 16.9. The van der Waals surface area contributed by atoms with Crippen LogP contribution in [0.1, 0.15) is 45.1 Å². The van der Waals surface area contributed by atoms with Gasteiger partial charge in [-0.3, -0.25) is 24.1 Å². The molecule has 5 rings (SSSR count). The van der Waals surface area contributed by atoms with Crippen molar-refractivity contribution in [2.75, 3.05) is 16.3 Å². The number of imide groups is 1. The molecule has 2 aliphatic heterocycles. The third-order valence-corrected chi connectivity index (χ3v) is 7.62. The lowest BCUT2D eigenvalue weighted by Crippen LogP contribution is -2.30. The number of nitrogens with zero attached hydrogens (tertiary/aromatic N) is 2. The highest BCUT2D eigenvalue weighted by molar-refractivity contribution is 6.22. The van der Waals surface area contributed by atoms with E-state index in [1.54, 1.807) is 29.2 Å². The van der Waals surface area contributed by atoms with E-state index in [0.717, 1.165) is 31.4 Å². The number of ether oxygens (including phenoxy) is 1. The molecule has 7 nitrogen and oxygen atoms in total. The summed E-state index contributed by atoms with van der Waals surface area (Å²) >= 11 is 0. The number of amides is 3.